The first kappa shape index (κ1) is 14.0. The molecule has 0 aliphatic rings. The van der Waals surface area contributed by atoms with Crippen LogP contribution in [-0.4, -0.2) is 19.3 Å². The van der Waals surface area contributed by atoms with E-state index in [1.807, 2.05) is 25.3 Å². The van der Waals surface area contributed by atoms with Gasteiger partial charge in [-0.25, -0.2) is 0 Å². The number of thiophene rings is 1. The Balaban J connectivity index is 2.60. The first-order chi connectivity index (χ1) is 7.65. The molecule has 92 valence electrons. The second kappa shape index (κ2) is 7.28. The van der Waals surface area contributed by atoms with Gasteiger partial charge in [0.1, 0.15) is 0 Å². The predicted octanol–water partition coefficient (Wildman–Crippen LogP) is 3.87. The summed E-state index contributed by atoms with van der Waals surface area (Å²) in [6.45, 7) is 7.92. The highest BCUT2D eigenvalue weighted by molar-refractivity contribution is 7.10. The topological polar surface area (TPSA) is 21.3 Å². The molecule has 0 aromatic carbocycles. The van der Waals surface area contributed by atoms with Crippen molar-refractivity contribution in [3.8, 4) is 0 Å². The van der Waals surface area contributed by atoms with Crippen molar-refractivity contribution in [2.75, 3.05) is 13.2 Å². The van der Waals surface area contributed by atoms with Crippen LogP contribution in [0.2, 0.25) is 5.02 Å². The van der Waals surface area contributed by atoms with E-state index in [0.29, 0.717) is 6.61 Å². The third-order valence-corrected chi connectivity index (χ3v) is 3.67. The molecule has 1 aromatic rings. The van der Waals surface area contributed by atoms with Crippen LogP contribution < -0.4 is 5.32 Å². The van der Waals surface area contributed by atoms with Gasteiger partial charge in [0.2, 0.25) is 0 Å². The van der Waals surface area contributed by atoms with Crippen molar-refractivity contribution in [1.29, 1.82) is 0 Å². The molecule has 4 heteroatoms. The van der Waals surface area contributed by atoms with Crippen LogP contribution in [0, 0.1) is 0 Å². The third kappa shape index (κ3) is 4.42. The fourth-order valence-corrected chi connectivity index (χ4v) is 2.64. The van der Waals surface area contributed by atoms with Gasteiger partial charge in [-0.1, -0.05) is 18.5 Å². The molecular weight excluding hydrogens is 242 g/mol. The lowest BCUT2D eigenvalue weighted by Gasteiger charge is -2.19. The number of halogens is 1. The van der Waals surface area contributed by atoms with E-state index >= 15 is 0 Å². The highest BCUT2D eigenvalue weighted by atomic mass is 35.5. The summed E-state index contributed by atoms with van der Waals surface area (Å²) in [5.41, 5.74) is 0. The summed E-state index contributed by atoms with van der Waals surface area (Å²) in [6.07, 6.45) is 1.37. The number of rotatable bonds is 7. The van der Waals surface area contributed by atoms with Crippen molar-refractivity contribution in [1.82, 2.24) is 5.32 Å². The second-order valence-electron chi connectivity index (χ2n) is 4.02. The molecule has 1 heterocycles. The van der Waals surface area contributed by atoms with Crippen molar-refractivity contribution >= 4 is 22.9 Å². The highest BCUT2D eigenvalue weighted by Gasteiger charge is 2.16. The minimum Gasteiger partial charge on any atom is -0.377 e. The minimum atomic E-state index is 0.217. The van der Waals surface area contributed by atoms with E-state index in [-0.39, 0.29) is 12.1 Å². The van der Waals surface area contributed by atoms with Gasteiger partial charge in [0.05, 0.1) is 23.8 Å². The summed E-state index contributed by atoms with van der Waals surface area (Å²) >= 11 is 7.83. The van der Waals surface area contributed by atoms with E-state index in [4.69, 9.17) is 16.3 Å². The van der Waals surface area contributed by atoms with Gasteiger partial charge in [-0.15, -0.1) is 11.3 Å². The lowest BCUT2D eigenvalue weighted by atomic mass is 10.2. The molecule has 1 aromatic heterocycles. The lowest BCUT2D eigenvalue weighted by Crippen LogP contribution is -2.27. The van der Waals surface area contributed by atoms with Crippen molar-refractivity contribution in [2.45, 2.75) is 39.3 Å². The Kier molecular flexibility index (Phi) is 6.36. The van der Waals surface area contributed by atoms with Gasteiger partial charge in [0.15, 0.2) is 0 Å². The van der Waals surface area contributed by atoms with Gasteiger partial charge in [0.25, 0.3) is 0 Å². The molecule has 0 fully saturated rings. The van der Waals surface area contributed by atoms with E-state index < -0.39 is 0 Å². The smallest absolute Gasteiger partial charge is 0.0673 e. The first-order valence-corrected chi connectivity index (χ1v) is 6.98. The Morgan fingerprint density at radius 1 is 1.50 bits per heavy atom. The molecule has 1 rings (SSSR count). The molecule has 0 aliphatic carbocycles. The Morgan fingerprint density at radius 3 is 2.75 bits per heavy atom. The van der Waals surface area contributed by atoms with Gasteiger partial charge in [-0.3, -0.25) is 0 Å². The molecule has 0 saturated heterocycles. The Labute approximate surface area is 107 Å². The summed E-state index contributed by atoms with van der Waals surface area (Å²) in [5.74, 6) is 0. The number of hydrogen-bond acceptors (Lipinski definition) is 3. The standard InChI is InChI=1S/C12H20ClNOS/c1-4-6-14-11(8-15-9(2)3)12-10(13)5-7-16-12/h5,7,9,11,14H,4,6,8H2,1-3H3. The highest BCUT2D eigenvalue weighted by Crippen LogP contribution is 2.29. The summed E-state index contributed by atoms with van der Waals surface area (Å²) in [4.78, 5) is 1.18. The Hall–Kier alpha value is -0.0900. The predicted molar refractivity (Wildman–Crippen MR) is 71.5 cm³/mol. The first-order valence-electron chi connectivity index (χ1n) is 5.73. The van der Waals surface area contributed by atoms with Crippen molar-refractivity contribution in [2.24, 2.45) is 0 Å². The molecule has 0 saturated carbocycles. The van der Waals surface area contributed by atoms with Gasteiger partial charge in [-0.05, 0) is 38.3 Å². The number of nitrogens with one attached hydrogen (secondary N) is 1. The Morgan fingerprint density at radius 2 is 2.25 bits per heavy atom. The normalized spacial score (nSPS) is 13.3. The fourth-order valence-electron chi connectivity index (χ4n) is 1.39. The van der Waals surface area contributed by atoms with Crippen LogP contribution in [0.3, 0.4) is 0 Å². The maximum absolute atomic E-state index is 6.14. The molecule has 1 atom stereocenters. The molecule has 1 N–H and O–H groups in total. The van der Waals surface area contributed by atoms with Crippen LogP contribution in [0.4, 0.5) is 0 Å². The molecule has 0 spiro atoms. The monoisotopic (exact) mass is 261 g/mol. The zero-order chi connectivity index (χ0) is 12.0. The average Bonchev–Trinajstić information content (AvgIpc) is 2.65. The van der Waals surface area contributed by atoms with Crippen LogP contribution >= 0.6 is 22.9 Å². The minimum absolute atomic E-state index is 0.217. The van der Waals surface area contributed by atoms with Gasteiger partial charge < -0.3 is 10.1 Å². The van der Waals surface area contributed by atoms with Crippen LogP contribution in [0.5, 0.6) is 0 Å². The molecule has 1 unspecified atom stereocenters. The zero-order valence-corrected chi connectivity index (χ0v) is 11.7. The van der Waals surface area contributed by atoms with E-state index in [1.54, 1.807) is 11.3 Å². The lowest BCUT2D eigenvalue weighted by molar-refractivity contribution is 0.0618. The number of hydrogen-bond donors (Lipinski definition) is 1. The maximum Gasteiger partial charge on any atom is 0.0673 e. The average molecular weight is 262 g/mol. The molecule has 0 aliphatic heterocycles. The van der Waals surface area contributed by atoms with Crippen molar-refractivity contribution in [3.05, 3.63) is 21.3 Å². The van der Waals surface area contributed by atoms with Crippen molar-refractivity contribution in [3.63, 3.8) is 0 Å². The summed E-state index contributed by atoms with van der Waals surface area (Å²) in [6, 6.07) is 2.16. The SMILES string of the molecule is CCCNC(COC(C)C)c1sccc1Cl. The van der Waals surface area contributed by atoms with Crippen LogP contribution in [0.1, 0.15) is 38.1 Å². The summed E-state index contributed by atoms with van der Waals surface area (Å²) in [7, 11) is 0. The fraction of sp³-hybridized carbons (Fsp3) is 0.667. The molecule has 2 nitrogen and oxygen atoms in total. The largest absolute Gasteiger partial charge is 0.377 e. The van der Waals surface area contributed by atoms with E-state index in [0.717, 1.165) is 18.0 Å². The van der Waals surface area contributed by atoms with E-state index in [2.05, 4.69) is 12.2 Å². The zero-order valence-electron chi connectivity index (χ0n) is 10.1. The van der Waals surface area contributed by atoms with E-state index in [9.17, 15) is 0 Å². The summed E-state index contributed by atoms with van der Waals surface area (Å²) in [5, 5.41) is 6.33. The van der Waals surface area contributed by atoms with Crippen molar-refractivity contribution < 1.29 is 4.74 Å². The third-order valence-electron chi connectivity index (χ3n) is 2.20. The second-order valence-corrected chi connectivity index (χ2v) is 5.38. The molecular formula is C12H20ClNOS. The van der Waals surface area contributed by atoms with Gasteiger partial charge >= 0.3 is 0 Å². The molecule has 0 radical (unpaired) electrons. The summed E-state index contributed by atoms with van der Waals surface area (Å²) < 4.78 is 5.67. The quantitative estimate of drug-likeness (QED) is 0.805. The van der Waals surface area contributed by atoms with Crippen LogP contribution in [0.15, 0.2) is 11.4 Å². The number of ether oxygens (including phenoxy) is 1. The van der Waals surface area contributed by atoms with Crippen LogP contribution in [-0.2, 0) is 4.74 Å². The van der Waals surface area contributed by atoms with E-state index in [1.165, 1.54) is 4.88 Å². The molecule has 0 amide bonds. The maximum atomic E-state index is 6.14. The van der Waals surface area contributed by atoms with Gasteiger partial charge in [-0.2, -0.15) is 0 Å². The Bertz CT molecular complexity index is 301. The molecule has 0 bridgehead atoms. The van der Waals surface area contributed by atoms with Crippen LogP contribution in [0.25, 0.3) is 0 Å². The van der Waals surface area contributed by atoms with Gasteiger partial charge in [0, 0.05) is 4.88 Å². The molecule has 16 heavy (non-hydrogen) atoms.